The van der Waals surface area contributed by atoms with Crippen molar-refractivity contribution in [1.29, 1.82) is 0 Å². The fourth-order valence-electron chi connectivity index (χ4n) is 4.12. The maximum Gasteiger partial charge on any atom is 0.321 e. The standard InChI is InChI=1S/C23H24ClN3O4/c1-3-31-22(29)19-20(15-8-6-9-16(24)14-15)27-18-11-5-4-10-17(18)25-23(27)26(21(19)28)12-7-13-30-2/h4-6,8-11,14,19-20H,3,7,12-13H2,1-2H3/t19-,20+/m1/s1. The first kappa shape index (κ1) is 21.3. The van der Waals surface area contributed by atoms with Gasteiger partial charge in [0.1, 0.15) is 0 Å². The normalized spacial score (nSPS) is 18.3. The van der Waals surface area contributed by atoms with E-state index < -0.39 is 17.9 Å². The molecule has 31 heavy (non-hydrogen) atoms. The highest BCUT2D eigenvalue weighted by atomic mass is 35.5. The van der Waals surface area contributed by atoms with Crippen molar-refractivity contribution in [2.24, 2.45) is 5.92 Å². The molecule has 7 nitrogen and oxygen atoms in total. The average molecular weight is 442 g/mol. The van der Waals surface area contributed by atoms with Crippen LogP contribution in [0.5, 0.6) is 0 Å². The van der Waals surface area contributed by atoms with Crippen LogP contribution in [0, 0.1) is 5.92 Å². The smallest absolute Gasteiger partial charge is 0.321 e. The predicted octanol–water partition coefficient (Wildman–Crippen LogP) is 3.84. The van der Waals surface area contributed by atoms with Crippen molar-refractivity contribution >= 4 is 40.5 Å². The molecule has 0 saturated heterocycles. The van der Waals surface area contributed by atoms with Gasteiger partial charge in [0.15, 0.2) is 5.92 Å². The highest BCUT2D eigenvalue weighted by Gasteiger charge is 2.47. The van der Waals surface area contributed by atoms with Crippen LogP contribution in [0.4, 0.5) is 5.95 Å². The van der Waals surface area contributed by atoms with Crippen LogP contribution in [0.1, 0.15) is 24.9 Å². The van der Waals surface area contributed by atoms with Crippen LogP contribution in [-0.2, 0) is 19.1 Å². The first-order valence-electron chi connectivity index (χ1n) is 10.3. The second-order valence-corrected chi connectivity index (χ2v) is 7.77. The van der Waals surface area contributed by atoms with Gasteiger partial charge in [-0.05, 0) is 43.2 Å². The van der Waals surface area contributed by atoms with Crippen molar-refractivity contribution in [1.82, 2.24) is 9.55 Å². The predicted molar refractivity (Wildman–Crippen MR) is 118 cm³/mol. The van der Waals surface area contributed by atoms with Crippen LogP contribution in [0.25, 0.3) is 11.0 Å². The second kappa shape index (κ2) is 9.08. The van der Waals surface area contributed by atoms with Crippen molar-refractivity contribution in [3.05, 3.63) is 59.1 Å². The number of carbonyl (C=O) groups excluding carboxylic acids is 2. The molecule has 0 bridgehead atoms. The fraction of sp³-hybridized carbons (Fsp3) is 0.348. The zero-order valence-corrected chi connectivity index (χ0v) is 18.2. The van der Waals surface area contributed by atoms with E-state index in [-0.39, 0.29) is 12.5 Å². The minimum atomic E-state index is -1.05. The molecule has 1 aliphatic heterocycles. The van der Waals surface area contributed by atoms with Gasteiger partial charge in [-0.25, -0.2) is 4.98 Å². The van der Waals surface area contributed by atoms with E-state index in [0.29, 0.717) is 30.5 Å². The Balaban J connectivity index is 1.94. The molecule has 8 heteroatoms. The Morgan fingerprint density at radius 2 is 2.00 bits per heavy atom. The third-order valence-electron chi connectivity index (χ3n) is 5.41. The van der Waals surface area contributed by atoms with E-state index in [2.05, 4.69) is 0 Å². The molecular formula is C23H24ClN3O4. The van der Waals surface area contributed by atoms with Gasteiger partial charge in [-0.1, -0.05) is 35.9 Å². The van der Waals surface area contributed by atoms with Crippen molar-refractivity contribution < 1.29 is 19.1 Å². The lowest BCUT2D eigenvalue weighted by atomic mass is 9.89. The lowest BCUT2D eigenvalue weighted by Gasteiger charge is -2.38. The molecule has 1 aliphatic rings. The van der Waals surface area contributed by atoms with Gasteiger partial charge in [0, 0.05) is 25.3 Å². The van der Waals surface area contributed by atoms with Gasteiger partial charge in [0.25, 0.3) is 0 Å². The molecule has 0 aliphatic carbocycles. The zero-order valence-electron chi connectivity index (χ0n) is 17.5. The molecule has 0 radical (unpaired) electrons. The molecule has 2 aromatic carbocycles. The van der Waals surface area contributed by atoms with Crippen LogP contribution in [0.3, 0.4) is 0 Å². The highest BCUT2D eigenvalue weighted by molar-refractivity contribution is 6.30. The molecule has 2 atom stereocenters. The number of methoxy groups -OCH3 is 1. The Morgan fingerprint density at radius 1 is 1.19 bits per heavy atom. The molecule has 2 heterocycles. The van der Waals surface area contributed by atoms with Gasteiger partial charge in [-0.3, -0.25) is 14.5 Å². The van der Waals surface area contributed by atoms with E-state index in [4.69, 9.17) is 26.1 Å². The maximum absolute atomic E-state index is 13.6. The summed E-state index contributed by atoms with van der Waals surface area (Å²) in [5, 5.41) is 0.529. The number of esters is 1. The number of anilines is 1. The number of hydrogen-bond donors (Lipinski definition) is 0. The topological polar surface area (TPSA) is 73.7 Å². The van der Waals surface area contributed by atoms with E-state index in [1.807, 2.05) is 41.0 Å². The lowest BCUT2D eigenvalue weighted by Crippen LogP contribution is -2.50. The van der Waals surface area contributed by atoms with Gasteiger partial charge >= 0.3 is 5.97 Å². The molecule has 4 rings (SSSR count). The minimum Gasteiger partial charge on any atom is -0.465 e. The van der Waals surface area contributed by atoms with E-state index in [1.54, 1.807) is 31.1 Å². The first-order chi connectivity index (χ1) is 15.1. The molecule has 0 fully saturated rings. The van der Waals surface area contributed by atoms with Crippen LogP contribution < -0.4 is 4.90 Å². The molecule has 0 N–H and O–H groups in total. The summed E-state index contributed by atoms with van der Waals surface area (Å²) in [5.41, 5.74) is 2.33. The summed E-state index contributed by atoms with van der Waals surface area (Å²) < 4.78 is 12.4. The number of imidazole rings is 1. The van der Waals surface area contributed by atoms with E-state index in [0.717, 1.165) is 16.6 Å². The molecule has 3 aromatic rings. The molecule has 0 spiro atoms. The molecule has 0 saturated carbocycles. The number of amides is 1. The SMILES string of the molecule is CCOC(=O)[C@H]1C(=O)N(CCCOC)c2nc3ccccc3n2[C@H]1c1cccc(Cl)c1. The van der Waals surface area contributed by atoms with Crippen molar-refractivity contribution in [3.63, 3.8) is 0 Å². The van der Waals surface area contributed by atoms with Gasteiger partial charge in [-0.15, -0.1) is 0 Å². The van der Waals surface area contributed by atoms with Gasteiger partial charge in [0.2, 0.25) is 11.9 Å². The number of hydrogen-bond acceptors (Lipinski definition) is 5. The molecule has 1 amide bonds. The summed E-state index contributed by atoms with van der Waals surface area (Å²) in [6.07, 6.45) is 0.614. The molecule has 162 valence electrons. The van der Waals surface area contributed by atoms with Gasteiger partial charge < -0.3 is 14.0 Å². The first-order valence-corrected chi connectivity index (χ1v) is 10.6. The van der Waals surface area contributed by atoms with Gasteiger partial charge in [-0.2, -0.15) is 0 Å². The lowest BCUT2D eigenvalue weighted by molar-refractivity contribution is -0.153. The monoisotopic (exact) mass is 441 g/mol. The average Bonchev–Trinajstić information content (AvgIpc) is 3.14. The Hall–Kier alpha value is -2.90. The number of fused-ring (bicyclic) bond motifs is 3. The number of rotatable bonds is 7. The van der Waals surface area contributed by atoms with Crippen LogP contribution in [0.15, 0.2) is 48.5 Å². The summed E-state index contributed by atoms with van der Waals surface area (Å²) >= 11 is 6.27. The number of carbonyl (C=O) groups is 2. The zero-order chi connectivity index (χ0) is 22.0. The van der Waals surface area contributed by atoms with E-state index in [1.165, 1.54) is 0 Å². The Kier molecular flexibility index (Phi) is 6.25. The molecular weight excluding hydrogens is 418 g/mol. The van der Waals surface area contributed by atoms with E-state index >= 15 is 0 Å². The summed E-state index contributed by atoms with van der Waals surface area (Å²) in [6, 6.07) is 14.3. The Morgan fingerprint density at radius 3 is 2.74 bits per heavy atom. The molecule has 1 aromatic heterocycles. The Labute approximate surface area is 185 Å². The van der Waals surface area contributed by atoms with Crippen molar-refractivity contribution in [2.45, 2.75) is 19.4 Å². The Bertz CT molecular complexity index is 1110. The van der Waals surface area contributed by atoms with Crippen LogP contribution >= 0.6 is 11.6 Å². The largest absolute Gasteiger partial charge is 0.465 e. The summed E-state index contributed by atoms with van der Waals surface area (Å²) in [5.74, 6) is -1.43. The van der Waals surface area contributed by atoms with Crippen LogP contribution in [0.2, 0.25) is 5.02 Å². The number of halogens is 1. The summed E-state index contributed by atoms with van der Waals surface area (Å²) in [7, 11) is 1.61. The minimum absolute atomic E-state index is 0.187. The van der Waals surface area contributed by atoms with Gasteiger partial charge in [0.05, 0.1) is 23.7 Å². The van der Waals surface area contributed by atoms with Crippen molar-refractivity contribution in [2.75, 3.05) is 31.8 Å². The second-order valence-electron chi connectivity index (χ2n) is 7.34. The number of ether oxygens (including phenoxy) is 2. The number of para-hydroxylation sites is 2. The summed E-state index contributed by atoms with van der Waals surface area (Å²) in [6.45, 7) is 2.79. The molecule has 0 unspecified atom stereocenters. The highest BCUT2D eigenvalue weighted by Crippen LogP contribution is 2.41. The number of benzene rings is 2. The summed E-state index contributed by atoms with van der Waals surface area (Å²) in [4.78, 5) is 33.0. The third kappa shape index (κ3) is 3.91. The number of nitrogens with zero attached hydrogens (tertiary/aromatic N) is 3. The quantitative estimate of drug-likeness (QED) is 0.316. The van der Waals surface area contributed by atoms with E-state index in [9.17, 15) is 9.59 Å². The maximum atomic E-state index is 13.6. The third-order valence-corrected chi connectivity index (χ3v) is 5.64. The van der Waals surface area contributed by atoms with Crippen LogP contribution in [-0.4, -0.2) is 48.3 Å². The van der Waals surface area contributed by atoms with Crippen molar-refractivity contribution in [3.8, 4) is 0 Å². The number of aromatic nitrogens is 2. The fourth-order valence-corrected chi connectivity index (χ4v) is 4.32.